The van der Waals surface area contributed by atoms with Gasteiger partial charge in [0.15, 0.2) is 8.32 Å². The summed E-state index contributed by atoms with van der Waals surface area (Å²) in [5.41, 5.74) is 4.16. The molecule has 2 aromatic heterocycles. The van der Waals surface area contributed by atoms with Gasteiger partial charge in [0, 0.05) is 34.5 Å². The number of nitrogens with zero attached hydrogens (tertiary/aromatic N) is 3. The normalized spacial score (nSPS) is 13.7. The van der Waals surface area contributed by atoms with Crippen LogP contribution in [0.25, 0.3) is 21.3 Å². The molecule has 0 atom stereocenters. The fourth-order valence-corrected chi connectivity index (χ4v) is 5.22. The molecule has 1 aromatic carbocycles. The van der Waals surface area contributed by atoms with Crippen molar-refractivity contribution in [3.63, 3.8) is 0 Å². The van der Waals surface area contributed by atoms with Crippen molar-refractivity contribution in [1.29, 1.82) is 5.26 Å². The van der Waals surface area contributed by atoms with E-state index in [1.54, 1.807) is 23.6 Å². The first-order chi connectivity index (χ1) is 14.2. The molecule has 3 aromatic rings. The number of thiophene rings is 1. The summed E-state index contributed by atoms with van der Waals surface area (Å²) < 4.78 is 13.2. The number of benzene rings is 1. The maximum atomic E-state index is 9.47. The maximum Gasteiger partial charge on any atom is 0.192 e. The van der Waals surface area contributed by atoms with E-state index in [9.17, 15) is 5.26 Å². The van der Waals surface area contributed by atoms with Gasteiger partial charge >= 0.3 is 0 Å². The molecule has 1 aliphatic rings. The number of hydrogen-bond donors (Lipinski definition) is 0. The number of hydrogen-bond acceptors (Lipinski definition) is 6. The Kier molecular flexibility index (Phi) is 5.26. The van der Waals surface area contributed by atoms with Crippen LogP contribution in [0.2, 0.25) is 18.1 Å². The van der Waals surface area contributed by atoms with Crippen molar-refractivity contribution in [1.82, 2.24) is 4.98 Å². The van der Waals surface area contributed by atoms with Crippen molar-refractivity contribution < 1.29 is 9.16 Å². The van der Waals surface area contributed by atoms with Crippen molar-refractivity contribution >= 4 is 41.8 Å². The predicted molar refractivity (Wildman–Crippen MR) is 125 cm³/mol. The van der Waals surface area contributed by atoms with E-state index in [2.05, 4.69) is 56.0 Å². The lowest BCUT2D eigenvalue weighted by Crippen LogP contribution is -2.40. The van der Waals surface area contributed by atoms with Crippen molar-refractivity contribution in [3.8, 4) is 22.9 Å². The van der Waals surface area contributed by atoms with E-state index in [4.69, 9.17) is 9.16 Å². The van der Waals surface area contributed by atoms with E-state index in [1.165, 1.54) is 0 Å². The molecule has 0 spiro atoms. The molecule has 5 nitrogen and oxygen atoms in total. The van der Waals surface area contributed by atoms with E-state index < -0.39 is 8.32 Å². The van der Waals surface area contributed by atoms with Crippen LogP contribution in [0.3, 0.4) is 0 Å². The molecule has 1 aliphatic heterocycles. The number of ether oxygens (including phenoxy) is 1. The minimum Gasteiger partial charge on any atom is -0.486 e. The van der Waals surface area contributed by atoms with Crippen LogP contribution in [0.1, 0.15) is 31.2 Å². The predicted octanol–water partition coefficient (Wildman–Crippen LogP) is 6.45. The van der Waals surface area contributed by atoms with Gasteiger partial charge < -0.3 is 9.16 Å². The van der Waals surface area contributed by atoms with E-state index in [1.807, 2.05) is 18.3 Å². The highest BCUT2D eigenvalue weighted by atomic mass is 32.1. The summed E-state index contributed by atoms with van der Waals surface area (Å²) in [5, 5.41) is 9.64. The first-order valence-corrected chi connectivity index (χ1v) is 13.7. The Morgan fingerprint density at radius 3 is 2.77 bits per heavy atom. The van der Waals surface area contributed by atoms with Gasteiger partial charge in [0.2, 0.25) is 0 Å². The lowest BCUT2D eigenvalue weighted by Gasteiger charge is -2.35. The zero-order valence-electron chi connectivity index (χ0n) is 17.9. The van der Waals surface area contributed by atoms with Gasteiger partial charge in [0.1, 0.15) is 18.0 Å². The molecule has 3 heterocycles. The molecule has 0 N–H and O–H groups in total. The van der Waals surface area contributed by atoms with Gasteiger partial charge in [0.25, 0.3) is 0 Å². The smallest absolute Gasteiger partial charge is 0.192 e. The Hall–Kier alpha value is -2.53. The first kappa shape index (κ1) is 20.7. The minimum absolute atomic E-state index is 0.169. The van der Waals surface area contributed by atoms with Gasteiger partial charge in [-0.1, -0.05) is 20.8 Å². The average molecular weight is 436 g/mol. The van der Waals surface area contributed by atoms with Crippen LogP contribution in [0.15, 0.2) is 35.5 Å². The molecule has 0 saturated heterocycles. The summed E-state index contributed by atoms with van der Waals surface area (Å²) >= 11 is 1.69. The molecule has 0 bridgehead atoms. The third-order valence-corrected chi connectivity index (χ3v) is 11.5. The van der Waals surface area contributed by atoms with Crippen molar-refractivity contribution in [3.05, 3.63) is 40.9 Å². The Balaban J connectivity index is 1.76. The maximum absolute atomic E-state index is 9.47. The Morgan fingerprint density at radius 2 is 2.03 bits per heavy atom. The highest BCUT2D eigenvalue weighted by Crippen LogP contribution is 2.44. The van der Waals surface area contributed by atoms with Crippen LogP contribution >= 0.6 is 11.3 Å². The summed E-state index contributed by atoms with van der Waals surface area (Å²) in [4.78, 5) is 10.3. The second kappa shape index (κ2) is 7.62. The van der Waals surface area contributed by atoms with Crippen LogP contribution in [0.5, 0.6) is 5.75 Å². The van der Waals surface area contributed by atoms with Crippen molar-refractivity contribution in [2.75, 3.05) is 6.61 Å². The van der Waals surface area contributed by atoms with E-state index in [0.29, 0.717) is 24.5 Å². The van der Waals surface area contributed by atoms with Gasteiger partial charge in [-0.25, -0.2) is 0 Å². The molecule has 0 saturated carbocycles. The summed E-state index contributed by atoms with van der Waals surface area (Å²) in [6.07, 6.45) is 3.56. The number of fused-ring (bicyclic) bond motifs is 2. The second-order valence-electron chi connectivity index (χ2n) is 8.94. The van der Waals surface area contributed by atoms with Gasteiger partial charge in [-0.2, -0.15) is 5.26 Å². The van der Waals surface area contributed by atoms with E-state index >= 15 is 0 Å². The molecule has 0 aliphatic carbocycles. The topological polar surface area (TPSA) is 67.5 Å². The van der Waals surface area contributed by atoms with Gasteiger partial charge in [0.05, 0.1) is 28.5 Å². The average Bonchev–Trinajstić information content (AvgIpc) is 3.14. The number of pyridine rings is 1. The molecular weight excluding hydrogens is 410 g/mol. The second-order valence-corrected chi connectivity index (χ2v) is 14.9. The molecule has 154 valence electrons. The minimum atomic E-state index is -1.83. The lowest BCUT2D eigenvalue weighted by atomic mass is 10.0. The van der Waals surface area contributed by atoms with E-state index in [-0.39, 0.29) is 5.04 Å². The molecular formula is C23H25N3O2SSi. The number of aliphatic imine (C=N–C) groups is 1. The molecule has 30 heavy (non-hydrogen) atoms. The molecule has 0 unspecified atom stereocenters. The zero-order chi connectivity index (χ0) is 21.5. The molecule has 0 fully saturated rings. The van der Waals surface area contributed by atoms with Crippen LogP contribution in [0.4, 0.5) is 5.69 Å². The molecule has 0 radical (unpaired) electrons. The summed E-state index contributed by atoms with van der Waals surface area (Å²) in [7, 11) is -1.83. The first-order valence-electron chi connectivity index (χ1n) is 9.95. The fourth-order valence-electron chi connectivity index (χ4n) is 3.12. The van der Waals surface area contributed by atoms with Gasteiger partial charge in [-0.3, -0.25) is 9.98 Å². The van der Waals surface area contributed by atoms with Crippen LogP contribution in [-0.2, 0) is 11.0 Å². The number of nitriles is 1. The molecule has 4 rings (SSSR count). The third-order valence-electron chi connectivity index (χ3n) is 5.87. The highest BCUT2D eigenvalue weighted by molar-refractivity contribution is 7.19. The van der Waals surface area contributed by atoms with Crippen molar-refractivity contribution in [2.45, 2.75) is 45.5 Å². The number of aromatic nitrogens is 1. The van der Waals surface area contributed by atoms with Crippen LogP contribution in [-0.4, -0.2) is 26.1 Å². The Labute approximate surface area is 182 Å². The fraction of sp³-hybridized carbons (Fsp3) is 0.348. The van der Waals surface area contributed by atoms with Crippen molar-refractivity contribution in [2.24, 2.45) is 4.99 Å². The summed E-state index contributed by atoms with van der Waals surface area (Å²) in [5.74, 6) is 0.648. The Bertz CT molecular complexity index is 1190. The monoisotopic (exact) mass is 435 g/mol. The number of rotatable bonds is 4. The van der Waals surface area contributed by atoms with Gasteiger partial charge in [-0.05, 0) is 36.3 Å². The van der Waals surface area contributed by atoms with Crippen LogP contribution in [0, 0.1) is 11.3 Å². The summed E-state index contributed by atoms with van der Waals surface area (Å²) in [6, 6.07) is 9.96. The lowest BCUT2D eigenvalue weighted by molar-refractivity contribution is 0.279. The van der Waals surface area contributed by atoms with Crippen LogP contribution < -0.4 is 4.74 Å². The quantitative estimate of drug-likeness (QED) is 0.442. The SMILES string of the molecule is CC(C)(C)[Si](C)(C)OCc1cc2nccc(-c3cc(C#N)cc4c3N=CCO4)c2s1. The highest BCUT2D eigenvalue weighted by Gasteiger charge is 2.37. The Morgan fingerprint density at radius 1 is 1.23 bits per heavy atom. The molecule has 0 amide bonds. The third kappa shape index (κ3) is 3.78. The van der Waals surface area contributed by atoms with Gasteiger partial charge in [-0.15, -0.1) is 11.3 Å². The molecule has 7 heteroatoms. The largest absolute Gasteiger partial charge is 0.486 e. The standard InChI is InChI=1S/C23H25N3O2SSi/c1-23(2,3)30(4,5)28-14-16-12-19-22(29-16)17(6-7-25-19)18-10-15(13-24)11-20-21(18)26-8-9-27-20/h6-8,10-12H,9,14H2,1-5H3. The van der Waals surface area contributed by atoms with E-state index in [0.717, 1.165) is 31.9 Å². The zero-order valence-corrected chi connectivity index (χ0v) is 19.8. The summed E-state index contributed by atoms with van der Waals surface area (Å²) in [6.45, 7) is 12.3.